The summed E-state index contributed by atoms with van der Waals surface area (Å²) < 4.78 is 26.0. The van der Waals surface area contributed by atoms with Crippen molar-refractivity contribution in [2.75, 3.05) is 13.1 Å². The highest BCUT2D eigenvalue weighted by Crippen LogP contribution is 2.24. The van der Waals surface area contributed by atoms with Crippen LogP contribution < -0.4 is 0 Å². The Morgan fingerprint density at radius 3 is 2.50 bits per heavy atom. The molecule has 18 heavy (non-hydrogen) atoms. The van der Waals surface area contributed by atoms with Crippen LogP contribution in [0.4, 0.5) is 0 Å². The molecule has 0 radical (unpaired) electrons. The average molecular weight is 288 g/mol. The number of sulfonamides is 1. The SMILES string of the molecule is O=CC1CCN(S(=O)(=O)c2cccc(Cl)c2)CC1. The first-order valence-corrected chi connectivity index (χ1v) is 7.57. The molecule has 0 amide bonds. The summed E-state index contributed by atoms with van der Waals surface area (Å²) in [5.41, 5.74) is 0. The van der Waals surface area contributed by atoms with Crippen LogP contribution in [0.3, 0.4) is 0 Å². The second kappa shape index (κ2) is 5.38. The van der Waals surface area contributed by atoms with Crippen LogP contribution in [0.1, 0.15) is 12.8 Å². The van der Waals surface area contributed by atoms with E-state index in [1.807, 2.05) is 0 Å². The molecule has 1 fully saturated rings. The zero-order valence-corrected chi connectivity index (χ0v) is 11.3. The van der Waals surface area contributed by atoms with Gasteiger partial charge < -0.3 is 4.79 Å². The number of carbonyl (C=O) groups is 1. The minimum Gasteiger partial charge on any atom is -0.303 e. The van der Waals surface area contributed by atoms with E-state index >= 15 is 0 Å². The van der Waals surface area contributed by atoms with Gasteiger partial charge in [-0.1, -0.05) is 17.7 Å². The molecule has 1 heterocycles. The van der Waals surface area contributed by atoms with E-state index in [0.717, 1.165) is 6.29 Å². The number of benzene rings is 1. The minimum atomic E-state index is -3.48. The summed E-state index contributed by atoms with van der Waals surface area (Å²) in [6.45, 7) is 0.774. The molecule has 0 spiro atoms. The van der Waals surface area contributed by atoms with Crippen molar-refractivity contribution in [2.45, 2.75) is 17.7 Å². The van der Waals surface area contributed by atoms with E-state index < -0.39 is 10.0 Å². The summed E-state index contributed by atoms with van der Waals surface area (Å²) in [7, 11) is -3.48. The molecule has 1 saturated heterocycles. The Balaban J connectivity index is 2.20. The number of piperidine rings is 1. The van der Waals surface area contributed by atoms with E-state index in [2.05, 4.69) is 0 Å². The lowest BCUT2D eigenvalue weighted by molar-refractivity contribution is -0.112. The fourth-order valence-corrected chi connectivity index (χ4v) is 3.80. The van der Waals surface area contributed by atoms with Gasteiger partial charge in [-0.05, 0) is 31.0 Å². The first-order chi connectivity index (χ1) is 8.54. The van der Waals surface area contributed by atoms with E-state index in [4.69, 9.17) is 11.6 Å². The largest absolute Gasteiger partial charge is 0.303 e. The van der Waals surface area contributed by atoms with Crippen LogP contribution in [0.15, 0.2) is 29.2 Å². The third kappa shape index (κ3) is 2.74. The van der Waals surface area contributed by atoms with Crippen LogP contribution in [0.2, 0.25) is 5.02 Å². The van der Waals surface area contributed by atoms with Crippen molar-refractivity contribution in [3.05, 3.63) is 29.3 Å². The molecule has 1 aromatic carbocycles. The first kappa shape index (κ1) is 13.5. The molecule has 2 rings (SSSR count). The number of carbonyl (C=O) groups excluding carboxylic acids is 1. The minimum absolute atomic E-state index is 0.0178. The molecule has 0 aliphatic carbocycles. The molecule has 1 aliphatic heterocycles. The van der Waals surface area contributed by atoms with Gasteiger partial charge in [0.15, 0.2) is 0 Å². The van der Waals surface area contributed by atoms with Gasteiger partial charge in [0.25, 0.3) is 0 Å². The maximum atomic E-state index is 12.3. The molecule has 0 saturated carbocycles. The maximum Gasteiger partial charge on any atom is 0.243 e. The summed E-state index contributed by atoms with van der Waals surface area (Å²) in [5.74, 6) is -0.0178. The summed E-state index contributed by atoms with van der Waals surface area (Å²) in [5, 5.41) is 0.402. The zero-order chi connectivity index (χ0) is 13.2. The number of aldehydes is 1. The zero-order valence-electron chi connectivity index (χ0n) is 9.75. The van der Waals surface area contributed by atoms with Gasteiger partial charge >= 0.3 is 0 Å². The Morgan fingerprint density at radius 2 is 1.94 bits per heavy atom. The van der Waals surface area contributed by atoms with Crippen LogP contribution in [-0.2, 0) is 14.8 Å². The highest BCUT2D eigenvalue weighted by molar-refractivity contribution is 7.89. The van der Waals surface area contributed by atoms with Crippen molar-refractivity contribution in [2.24, 2.45) is 5.92 Å². The van der Waals surface area contributed by atoms with E-state index in [9.17, 15) is 13.2 Å². The van der Waals surface area contributed by atoms with Crippen molar-refractivity contribution >= 4 is 27.9 Å². The Hall–Kier alpha value is -0.910. The van der Waals surface area contributed by atoms with Gasteiger partial charge in [-0.3, -0.25) is 0 Å². The lowest BCUT2D eigenvalue weighted by Gasteiger charge is -2.28. The van der Waals surface area contributed by atoms with Crippen LogP contribution in [0.5, 0.6) is 0 Å². The molecule has 1 aromatic rings. The van der Waals surface area contributed by atoms with Crippen LogP contribution in [0, 0.1) is 5.92 Å². The number of nitrogens with zero attached hydrogens (tertiary/aromatic N) is 1. The summed E-state index contributed by atoms with van der Waals surface area (Å²) in [6.07, 6.45) is 2.08. The van der Waals surface area contributed by atoms with Crippen LogP contribution >= 0.6 is 11.6 Å². The van der Waals surface area contributed by atoms with Gasteiger partial charge in [-0.25, -0.2) is 8.42 Å². The fourth-order valence-electron chi connectivity index (χ4n) is 2.03. The number of hydrogen-bond donors (Lipinski definition) is 0. The monoisotopic (exact) mass is 287 g/mol. The summed E-state index contributed by atoms with van der Waals surface area (Å²) >= 11 is 5.81. The van der Waals surface area contributed by atoms with Gasteiger partial charge in [-0.15, -0.1) is 0 Å². The summed E-state index contributed by atoms with van der Waals surface area (Å²) in [6, 6.07) is 6.24. The quantitative estimate of drug-likeness (QED) is 0.798. The number of hydrogen-bond acceptors (Lipinski definition) is 3. The van der Waals surface area contributed by atoms with Crippen molar-refractivity contribution in [3.8, 4) is 0 Å². The molecule has 0 N–H and O–H groups in total. The Bertz CT molecular complexity index is 536. The topological polar surface area (TPSA) is 54.5 Å². The molecule has 98 valence electrons. The Labute approximate surface area is 112 Å². The van der Waals surface area contributed by atoms with Gasteiger partial charge in [0.2, 0.25) is 10.0 Å². The fraction of sp³-hybridized carbons (Fsp3) is 0.417. The van der Waals surface area contributed by atoms with E-state index in [0.29, 0.717) is 31.0 Å². The molecule has 0 atom stereocenters. The third-order valence-electron chi connectivity index (χ3n) is 3.12. The van der Waals surface area contributed by atoms with Crippen molar-refractivity contribution in [3.63, 3.8) is 0 Å². The van der Waals surface area contributed by atoms with Crippen molar-refractivity contribution in [1.82, 2.24) is 4.31 Å². The Kier molecular flexibility index (Phi) is 4.04. The van der Waals surface area contributed by atoms with Crippen molar-refractivity contribution < 1.29 is 13.2 Å². The standard InChI is InChI=1S/C12H14ClNO3S/c13-11-2-1-3-12(8-11)18(16,17)14-6-4-10(9-15)5-7-14/h1-3,8-10H,4-7H2. The maximum absolute atomic E-state index is 12.3. The number of halogens is 1. The molecule has 1 aliphatic rings. The predicted molar refractivity (Wildman–Crippen MR) is 69.0 cm³/mol. The van der Waals surface area contributed by atoms with Crippen LogP contribution in [-0.4, -0.2) is 32.1 Å². The second-order valence-corrected chi connectivity index (χ2v) is 6.71. The lowest BCUT2D eigenvalue weighted by Crippen LogP contribution is -2.38. The molecular formula is C12H14ClNO3S. The molecule has 0 bridgehead atoms. The van der Waals surface area contributed by atoms with Gasteiger partial charge in [-0.2, -0.15) is 4.31 Å². The van der Waals surface area contributed by atoms with Gasteiger partial charge in [0, 0.05) is 24.0 Å². The van der Waals surface area contributed by atoms with Gasteiger partial charge in [0.1, 0.15) is 6.29 Å². The molecule has 4 nitrogen and oxygen atoms in total. The molecule has 6 heteroatoms. The average Bonchev–Trinajstić information content (AvgIpc) is 2.39. The normalized spacial score (nSPS) is 18.7. The second-order valence-electron chi connectivity index (χ2n) is 4.33. The van der Waals surface area contributed by atoms with Crippen molar-refractivity contribution in [1.29, 1.82) is 0 Å². The smallest absolute Gasteiger partial charge is 0.243 e. The van der Waals surface area contributed by atoms with E-state index in [1.165, 1.54) is 16.4 Å². The molecular weight excluding hydrogens is 274 g/mol. The molecule has 0 unspecified atom stereocenters. The highest BCUT2D eigenvalue weighted by atomic mass is 35.5. The first-order valence-electron chi connectivity index (χ1n) is 5.75. The Morgan fingerprint density at radius 1 is 1.28 bits per heavy atom. The third-order valence-corrected chi connectivity index (χ3v) is 5.25. The highest BCUT2D eigenvalue weighted by Gasteiger charge is 2.29. The predicted octanol–water partition coefficient (Wildman–Crippen LogP) is 1.94. The van der Waals surface area contributed by atoms with E-state index in [1.54, 1.807) is 12.1 Å². The van der Waals surface area contributed by atoms with Crippen LogP contribution in [0.25, 0.3) is 0 Å². The van der Waals surface area contributed by atoms with Gasteiger partial charge in [0.05, 0.1) is 4.90 Å². The summed E-state index contributed by atoms with van der Waals surface area (Å²) in [4.78, 5) is 10.9. The lowest BCUT2D eigenvalue weighted by atomic mass is 10.0. The molecule has 0 aromatic heterocycles. The van der Waals surface area contributed by atoms with E-state index in [-0.39, 0.29) is 10.8 Å². The number of rotatable bonds is 3.